The Morgan fingerprint density at radius 3 is 2.36 bits per heavy atom. The van der Waals surface area contributed by atoms with Crippen molar-refractivity contribution in [2.75, 3.05) is 20.3 Å². The smallest absolute Gasteiger partial charge is 0.337 e. The number of nitro benzene ring substituents is 1. The van der Waals surface area contributed by atoms with E-state index in [1.807, 2.05) is 0 Å². The number of carbonyl (C=O) groups is 2. The molecule has 1 heterocycles. The number of nitrogens with one attached hydrogen (secondary N) is 2. The molecule has 10 nitrogen and oxygen atoms in total. The third kappa shape index (κ3) is 4.16. The first kappa shape index (κ1) is 21.0. The van der Waals surface area contributed by atoms with E-state index in [4.69, 9.17) is 14.2 Å². The summed E-state index contributed by atoms with van der Waals surface area (Å²) in [5.74, 6) is -0.354. The van der Waals surface area contributed by atoms with Crippen molar-refractivity contribution in [3.05, 3.63) is 39.1 Å². The van der Waals surface area contributed by atoms with E-state index < -0.39 is 23.0 Å². The average molecular weight is 393 g/mol. The molecule has 0 saturated carbocycles. The number of nitrogens with zero attached hydrogens (tertiary/aromatic N) is 1. The molecule has 0 aromatic heterocycles. The van der Waals surface area contributed by atoms with Crippen LogP contribution < -0.4 is 20.1 Å². The molecule has 0 aliphatic carbocycles. The standard InChI is InChI=1S/C18H23N3O7/c1-5-11-15(17(22)26-4)16(20-18(23)19-11)10-8-12(21(24)25)14(28-7-3)9-13(10)27-6-2/h8-9,16H,5-7H2,1-4H3,(H2,19,20,23). The Kier molecular flexibility index (Phi) is 6.80. The molecule has 1 aliphatic heterocycles. The molecule has 0 bridgehead atoms. The number of carbonyl (C=O) groups excluding carboxylic acids is 2. The van der Waals surface area contributed by atoms with Gasteiger partial charge >= 0.3 is 17.7 Å². The molecule has 0 spiro atoms. The summed E-state index contributed by atoms with van der Waals surface area (Å²) in [4.78, 5) is 35.5. The van der Waals surface area contributed by atoms with Gasteiger partial charge in [-0.3, -0.25) is 10.1 Å². The first-order valence-corrected chi connectivity index (χ1v) is 8.84. The maximum atomic E-state index is 12.4. The van der Waals surface area contributed by atoms with Crippen LogP contribution in [0, 0.1) is 10.1 Å². The third-order valence-corrected chi connectivity index (χ3v) is 4.11. The molecule has 10 heteroatoms. The highest BCUT2D eigenvalue weighted by Crippen LogP contribution is 2.41. The number of methoxy groups -OCH3 is 1. The van der Waals surface area contributed by atoms with Gasteiger partial charge in [0.25, 0.3) is 0 Å². The number of urea groups is 1. The van der Waals surface area contributed by atoms with Crippen LogP contribution in [0.1, 0.15) is 38.8 Å². The SMILES string of the molecule is CCOc1cc(OCC)c([N+](=O)[O-])cc1C1NC(=O)NC(CC)=C1C(=O)OC. The van der Waals surface area contributed by atoms with Crippen LogP contribution in [-0.2, 0) is 9.53 Å². The Bertz CT molecular complexity index is 820. The number of amides is 2. The second-order valence-electron chi connectivity index (χ2n) is 5.75. The molecular formula is C18H23N3O7. The molecular weight excluding hydrogens is 370 g/mol. The van der Waals surface area contributed by atoms with Gasteiger partial charge in [0.2, 0.25) is 5.75 Å². The van der Waals surface area contributed by atoms with Crippen molar-refractivity contribution in [2.24, 2.45) is 0 Å². The molecule has 0 radical (unpaired) electrons. The van der Waals surface area contributed by atoms with E-state index in [1.165, 1.54) is 19.2 Å². The Morgan fingerprint density at radius 1 is 1.18 bits per heavy atom. The van der Waals surface area contributed by atoms with Gasteiger partial charge in [0.05, 0.1) is 36.9 Å². The lowest BCUT2D eigenvalue weighted by molar-refractivity contribution is -0.385. The highest BCUT2D eigenvalue weighted by Gasteiger charge is 2.36. The molecule has 1 aromatic carbocycles. The normalized spacial score (nSPS) is 16.1. The summed E-state index contributed by atoms with van der Waals surface area (Å²) in [6.07, 6.45) is 0.359. The summed E-state index contributed by atoms with van der Waals surface area (Å²) in [6, 6.07) is 1.14. The number of benzene rings is 1. The van der Waals surface area contributed by atoms with Crippen molar-refractivity contribution in [2.45, 2.75) is 33.2 Å². The largest absolute Gasteiger partial charge is 0.493 e. The van der Waals surface area contributed by atoms with Gasteiger partial charge in [0.1, 0.15) is 5.75 Å². The van der Waals surface area contributed by atoms with Crippen molar-refractivity contribution >= 4 is 17.7 Å². The summed E-state index contributed by atoms with van der Waals surface area (Å²) >= 11 is 0. The van der Waals surface area contributed by atoms with Crippen LogP contribution in [-0.4, -0.2) is 37.2 Å². The van der Waals surface area contributed by atoms with Gasteiger partial charge in [-0.05, 0) is 20.3 Å². The lowest BCUT2D eigenvalue weighted by Gasteiger charge is -2.29. The van der Waals surface area contributed by atoms with Gasteiger partial charge in [0.15, 0.2) is 0 Å². The molecule has 0 saturated heterocycles. The molecule has 1 unspecified atom stereocenters. The lowest BCUT2D eigenvalue weighted by atomic mass is 9.93. The van der Waals surface area contributed by atoms with Gasteiger partial charge in [0, 0.05) is 23.4 Å². The van der Waals surface area contributed by atoms with Crippen LogP contribution in [0.3, 0.4) is 0 Å². The number of esters is 1. The number of nitro groups is 1. The average Bonchev–Trinajstić information content (AvgIpc) is 2.67. The number of ether oxygens (including phenoxy) is 3. The Labute approximate surface area is 162 Å². The van der Waals surface area contributed by atoms with E-state index in [2.05, 4.69) is 10.6 Å². The van der Waals surface area contributed by atoms with E-state index >= 15 is 0 Å². The zero-order valence-electron chi connectivity index (χ0n) is 16.2. The summed E-state index contributed by atoms with van der Waals surface area (Å²) < 4.78 is 15.9. The van der Waals surface area contributed by atoms with E-state index in [9.17, 15) is 19.7 Å². The minimum absolute atomic E-state index is 0.0410. The van der Waals surface area contributed by atoms with E-state index in [0.29, 0.717) is 12.1 Å². The second-order valence-corrected chi connectivity index (χ2v) is 5.75. The topological polar surface area (TPSA) is 129 Å². The number of rotatable bonds is 8. The summed E-state index contributed by atoms with van der Waals surface area (Å²) in [7, 11) is 1.22. The quantitative estimate of drug-likeness (QED) is 0.394. The highest BCUT2D eigenvalue weighted by atomic mass is 16.6. The molecule has 1 aliphatic rings. The Morgan fingerprint density at radius 2 is 1.82 bits per heavy atom. The molecule has 1 aromatic rings. The zero-order chi connectivity index (χ0) is 20.8. The molecule has 2 rings (SSSR count). The van der Waals surface area contributed by atoms with Crippen LogP contribution in [0.15, 0.2) is 23.4 Å². The maximum Gasteiger partial charge on any atom is 0.337 e. The van der Waals surface area contributed by atoms with Gasteiger partial charge in [-0.15, -0.1) is 0 Å². The highest BCUT2D eigenvalue weighted by molar-refractivity contribution is 5.95. The van der Waals surface area contributed by atoms with Gasteiger partial charge in [-0.25, -0.2) is 9.59 Å². The van der Waals surface area contributed by atoms with Gasteiger partial charge in [-0.2, -0.15) is 0 Å². The van der Waals surface area contributed by atoms with Crippen LogP contribution in [0.5, 0.6) is 11.5 Å². The minimum atomic E-state index is -0.980. The van der Waals surface area contributed by atoms with Crippen molar-refractivity contribution in [3.63, 3.8) is 0 Å². The fourth-order valence-electron chi connectivity index (χ4n) is 2.97. The van der Waals surface area contributed by atoms with Crippen LogP contribution in [0.25, 0.3) is 0 Å². The summed E-state index contributed by atoms with van der Waals surface area (Å²) in [5.41, 5.74) is 0.497. The molecule has 1 atom stereocenters. The Balaban J connectivity index is 2.74. The Hall–Kier alpha value is -3.30. The molecule has 152 valence electrons. The predicted molar refractivity (Wildman–Crippen MR) is 99.2 cm³/mol. The predicted octanol–water partition coefficient (Wildman–Crippen LogP) is 2.58. The van der Waals surface area contributed by atoms with Crippen molar-refractivity contribution in [3.8, 4) is 11.5 Å². The van der Waals surface area contributed by atoms with E-state index in [1.54, 1.807) is 20.8 Å². The van der Waals surface area contributed by atoms with Gasteiger partial charge in [-0.1, -0.05) is 6.92 Å². The zero-order valence-corrected chi connectivity index (χ0v) is 16.2. The second kappa shape index (κ2) is 9.07. The first-order chi connectivity index (χ1) is 13.4. The van der Waals surface area contributed by atoms with Crippen molar-refractivity contribution in [1.29, 1.82) is 0 Å². The van der Waals surface area contributed by atoms with Gasteiger partial charge < -0.3 is 24.8 Å². The van der Waals surface area contributed by atoms with E-state index in [-0.39, 0.29) is 41.5 Å². The monoisotopic (exact) mass is 393 g/mol. The summed E-state index contributed by atoms with van der Waals surface area (Å²) in [5, 5.41) is 16.7. The fraction of sp³-hybridized carbons (Fsp3) is 0.444. The molecule has 28 heavy (non-hydrogen) atoms. The maximum absolute atomic E-state index is 12.4. The molecule has 2 amide bonds. The minimum Gasteiger partial charge on any atom is -0.493 e. The molecule has 2 N–H and O–H groups in total. The van der Waals surface area contributed by atoms with Crippen LogP contribution in [0.2, 0.25) is 0 Å². The number of allylic oxidation sites excluding steroid dienone is 1. The van der Waals surface area contributed by atoms with Crippen molar-refractivity contribution in [1.82, 2.24) is 10.6 Å². The van der Waals surface area contributed by atoms with Crippen LogP contribution >= 0.6 is 0 Å². The number of hydrogen-bond acceptors (Lipinski definition) is 7. The number of hydrogen-bond donors (Lipinski definition) is 2. The van der Waals surface area contributed by atoms with Crippen molar-refractivity contribution < 1.29 is 28.7 Å². The van der Waals surface area contributed by atoms with Crippen LogP contribution in [0.4, 0.5) is 10.5 Å². The lowest BCUT2D eigenvalue weighted by Crippen LogP contribution is -2.45. The molecule has 0 fully saturated rings. The summed E-state index contributed by atoms with van der Waals surface area (Å²) in [6.45, 7) is 5.72. The third-order valence-electron chi connectivity index (χ3n) is 4.11. The first-order valence-electron chi connectivity index (χ1n) is 8.84. The fourth-order valence-corrected chi connectivity index (χ4v) is 2.97. The van der Waals surface area contributed by atoms with E-state index in [0.717, 1.165) is 0 Å².